The van der Waals surface area contributed by atoms with Crippen molar-refractivity contribution in [2.75, 3.05) is 25.5 Å². The molecular formula is C16H24BrN3O. The molecular weight excluding hydrogens is 330 g/mol. The lowest BCUT2D eigenvalue weighted by molar-refractivity contribution is -0.123. The monoisotopic (exact) mass is 353 g/mol. The van der Waals surface area contributed by atoms with Crippen molar-refractivity contribution < 1.29 is 4.79 Å². The van der Waals surface area contributed by atoms with Crippen LogP contribution in [0.2, 0.25) is 0 Å². The second kappa shape index (κ2) is 7.27. The van der Waals surface area contributed by atoms with E-state index in [1.165, 1.54) is 24.1 Å². The summed E-state index contributed by atoms with van der Waals surface area (Å²) in [6.07, 6.45) is 2.57. The average molecular weight is 354 g/mol. The minimum absolute atomic E-state index is 0.0344. The first-order valence-corrected chi connectivity index (χ1v) is 8.25. The van der Waals surface area contributed by atoms with Crippen LogP contribution in [0.1, 0.15) is 25.3 Å². The van der Waals surface area contributed by atoms with E-state index in [2.05, 4.69) is 49.7 Å². The van der Waals surface area contributed by atoms with Gasteiger partial charge in [0.25, 0.3) is 0 Å². The molecule has 1 aliphatic rings. The van der Waals surface area contributed by atoms with Gasteiger partial charge >= 0.3 is 0 Å². The summed E-state index contributed by atoms with van der Waals surface area (Å²) >= 11 is 3.54. The third kappa shape index (κ3) is 4.71. The molecule has 1 aliphatic carbocycles. The fraction of sp³-hybridized carbons (Fsp3) is 0.562. The molecule has 1 unspecified atom stereocenters. The molecule has 0 bridgehead atoms. The molecule has 1 atom stereocenters. The predicted molar refractivity (Wildman–Crippen MR) is 90.5 cm³/mol. The molecule has 0 heterocycles. The van der Waals surface area contributed by atoms with Crippen molar-refractivity contribution in [1.82, 2.24) is 10.6 Å². The summed E-state index contributed by atoms with van der Waals surface area (Å²) in [4.78, 5) is 13.8. The summed E-state index contributed by atoms with van der Waals surface area (Å²) in [7, 11) is 3.73. The highest BCUT2D eigenvalue weighted by atomic mass is 79.9. The van der Waals surface area contributed by atoms with Gasteiger partial charge in [0.1, 0.15) is 0 Å². The Bertz CT molecular complexity index is 502. The summed E-state index contributed by atoms with van der Waals surface area (Å²) in [5.41, 5.74) is 2.45. The summed E-state index contributed by atoms with van der Waals surface area (Å²) in [6.45, 7) is 3.53. The summed E-state index contributed by atoms with van der Waals surface area (Å²) in [5, 5.41) is 6.26. The smallest absolute Gasteiger partial charge is 0.224 e. The number of halogens is 1. The maximum Gasteiger partial charge on any atom is 0.224 e. The van der Waals surface area contributed by atoms with Gasteiger partial charge < -0.3 is 15.5 Å². The van der Waals surface area contributed by atoms with Crippen molar-refractivity contribution >= 4 is 27.5 Å². The molecule has 2 rings (SSSR count). The van der Waals surface area contributed by atoms with E-state index < -0.39 is 0 Å². The quantitative estimate of drug-likeness (QED) is 0.791. The van der Waals surface area contributed by atoms with Crippen LogP contribution in [0.25, 0.3) is 0 Å². The maximum absolute atomic E-state index is 11.7. The maximum atomic E-state index is 11.7. The first kappa shape index (κ1) is 16.3. The van der Waals surface area contributed by atoms with E-state index in [0.29, 0.717) is 12.6 Å². The minimum atomic E-state index is -0.0344. The molecule has 2 N–H and O–H groups in total. The zero-order valence-corrected chi connectivity index (χ0v) is 14.5. The first-order chi connectivity index (χ1) is 10.0. The molecule has 5 heteroatoms. The zero-order chi connectivity index (χ0) is 15.4. The topological polar surface area (TPSA) is 44.4 Å². The van der Waals surface area contributed by atoms with Crippen LogP contribution in [0.3, 0.4) is 0 Å². The van der Waals surface area contributed by atoms with Gasteiger partial charge in [-0.15, -0.1) is 0 Å². The standard InChI is InChI=1S/C16H24BrN3O/c1-11(16(21)18-2)10-20(3)15-7-4-13(17)8-12(15)9-19-14-5-6-14/h4,7-8,11,14,19H,5-6,9-10H2,1-3H3,(H,18,21). The third-order valence-corrected chi connectivity index (χ3v) is 4.35. The number of amides is 1. The van der Waals surface area contributed by atoms with E-state index in [-0.39, 0.29) is 11.8 Å². The molecule has 0 saturated heterocycles. The van der Waals surface area contributed by atoms with Gasteiger partial charge in [-0.3, -0.25) is 4.79 Å². The van der Waals surface area contributed by atoms with Gasteiger partial charge in [-0.25, -0.2) is 0 Å². The number of anilines is 1. The molecule has 116 valence electrons. The van der Waals surface area contributed by atoms with Gasteiger partial charge in [-0.2, -0.15) is 0 Å². The van der Waals surface area contributed by atoms with E-state index in [1.807, 2.05) is 14.0 Å². The number of nitrogens with one attached hydrogen (secondary N) is 2. The van der Waals surface area contributed by atoms with Crippen LogP contribution in [-0.2, 0) is 11.3 Å². The average Bonchev–Trinajstić information content (AvgIpc) is 3.28. The molecule has 1 amide bonds. The molecule has 1 saturated carbocycles. The predicted octanol–water partition coefficient (Wildman–Crippen LogP) is 2.52. The Balaban J connectivity index is 2.07. The van der Waals surface area contributed by atoms with E-state index >= 15 is 0 Å². The SMILES string of the molecule is CNC(=O)C(C)CN(C)c1ccc(Br)cc1CNC1CC1. The van der Waals surface area contributed by atoms with Crippen LogP contribution in [0.5, 0.6) is 0 Å². The molecule has 0 spiro atoms. The lowest BCUT2D eigenvalue weighted by Gasteiger charge is -2.25. The molecule has 1 fully saturated rings. The Labute approximate surface area is 135 Å². The summed E-state index contributed by atoms with van der Waals surface area (Å²) in [5.74, 6) is 0.0458. The first-order valence-electron chi connectivity index (χ1n) is 7.45. The van der Waals surface area contributed by atoms with Gasteiger partial charge in [0, 0.05) is 43.4 Å². The molecule has 0 aliphatic heterocycles. The Kier molecular flexibility index (Phi) is 5.65. The Morgan fingerprint density at radius 1 is 1.48 bits per heavy atom. The van der Waals surface area contributed by atoms with E-state index in [1.54, 1.807) is 7.05 Å². The fourth-order valence-corrected chi connectivity index (χ4v) is 2.86. The lowest BCUT2D eigenvalue weighted by Crippen LogP contribution is -2.35. The van der Waals surface area contributed by atoms with E-state index in [4.69, 9.17) is 0 Å². The van der Waals surface area contributed by atoms with Gasteiger partial charge in [-0.1, -0.05) is 22.9 Å². The van der Waals surface area contributed by atoms with Crippen LogP contribution in [0.4, 0.5) is 5.69 Å². The number of nitrogens with zero attached hydrogens (tertiary/aromatic N) is 1. The van der Waals surface area contributed by atoms with Gasteiger partial charge in [0.15, 0.2) is 0 Å². The van der Waals surface area contributed by atoms with Crippen LogP contribution < -0.4 is 15.5 Å². The second-order valence-electron chi connectivity index (χ2n) is 5.82. The van der Waals surface area contributed by atoms with Gasteiger partial charge in [0.2, 0.25) is 5.91 Å². The van der Waals surface area contributed by atoms with Crippen molar-refractivity contribution in [3.63, 3.8) is 0 Å². The van der Waals surface area contributed by atoms with E-state index in [0.717, 1.165) is 11.0 Å². The summed E-state index contributed by atoms with van der Waals surface area (Å²) < 4.78 is 1.09. The third-order valence-electron chi connectivity index (χ3n) is 3.85. The van der Waals surface area contributed by atoms with Crippen molar-refractivity contribution in [2.45, 2.75) is 32.4 Å². The van der Waals surface area contributed by atoms with E-state index in [9.17, 15) is 4.79 Å². The second-order valence-corrected chi connectivity index (χ2v) is 6.74. The number of benzene rings is 1. The largest absolute Gasteiger partial charge is 0.374 e. The molecule has 0 radical (unpaired) electrons. The van der Waals surface area contributed by atoms with Crippen LogP contribution in [0.15, 0.2) is 22.7 Å². The normalized spacial score (nSPS) is 15.6. The molecule has 21 heavy (non-hydrogen) atoms. The molecule has 1 aromatic carbocycles. The highest BCUT2D eigenvalue weighted by Gasteiger charge is 2.21. The van der Waals surface area contributed by atoms with Crippen LogP contribution >= 0.6 is 15.9 Å². The summed E-state index contributed by atoms with van der Waals surface area (Å²) in [6, 6.07) is 7.01. The highest BCUT2D eigenvalue weighted by molar-refractivity contribution is 9.10. The Morgan fingerprint density at radius 3 is 2.81 bits per heavy atom. The number of hydrogen-bond donors (Lipinski definition) is 2. The minimum Gasteiger partial charge on any atom is -0.374 e. The van der Waals surface area contributed by atoms with Crippen molar-refractivity contribution in [2.24, 2.45) is 5.92 Å². The van der Waals surface area contributed by atoms with Crippen molar-refractivity contribution in [1.29, 1.82) is 0 Å². The Hall–Kier alpha value is -1.07. The number of carbonyl (C=O) groups is 1. The fourth-order valence-electron chi connectivity index (χ4n) is 2.45. The van der Waals surface area contributed by atoms with Crippen LogP contribution in [-0.4, -0.2) is 32.6 Å². The number of carbonyl (C=O) groups excluding carboxylic acids is 1. The van der Waals surface area contributed by atoms with Crippen molar-refractivity contribution in [3.8, 4) is 0 Å². The molecule has 1 aromatic rings. The zero-order valence-electron chi connectivity index (χ0n) is 12.9. The van der Waals surface area contributed by atoms with Gasteiger partial charge in [-0.05, 0) is 36.6 Å². The van der Waals surface area contributed by atoms with Crippen molar-refractivity contribution in [3.05, 3.63) is 28.2 Å². The lowest BCUT2D eigenvalue weighted by atomic mass is 10.1. The van der Waals surface area contributed by atoms with Gasteiger partial charge in [0.05, 0.1) is 5.92 Å². The van der Waals surface area contributed by atoms with Crippen LogP contribution in [0, 0.1) is 5.92 Å². The molecule has 4 nitrogen and oxygen atoms in total. The molecule has 0 aromatic heterocycles. The number of hydrogen-bond acceptors (Lipinski definition) is 3. The highest BCUT2D eigenvalue weighted by Crippen LogP contribution is 2.26. The Morgan fingerprint density at radius 2 is 2.19 bits per heavy atom. The number of rotatable bonds is 7.